The van der Waals surface area contributed by atoms with Crippen molar-refractivity contribution >= 4 is 10.2 Å². The van der Waals surface area contributed by atoms with Crippen molar-refractivity contribution in [1.82, 2.24) is 4.31 Å². The van der Waals surface area contributed by atoms with Crippen LogP contribution in [0.2, 0.25) is 0 Å². The Kier molecular flexibility index (Phi) is 3.05. The third kappa shape index (κ3) is 2.71. The first-order valence-corrected chi connectivity index (χ1v) is 5.32. The second-order valence-electron chi connectivity index (χ2n) is 3.06. The zero-order valence-electron chi connectivity index (χ0n) is 7.06. The summed E-state index contributed by atoms with van der Waals surface area (Å²) in [5.74, 6) is 0.299. The quantitative estimate of drug-likeness (QED) is 0.636. The Labute approximate surface area is 72.7 Å². The minimum atomic E-state index is -3.51. The monoisotopic (exact) mass is 194 g/mol. The smallest absolute Gasteiger partial charge is 0.276 e. The molecule has 6 heteroatoms. The van der Waals surface area contributed by atoms with E-state index in [0.29, 0.717) is 19.1 Å². The van der Waals surface area contributed by atoms with E-state index in [1.54, 1.807) is 0 Å². The number of hydrogen-bond donors (Lipinski definition) is 1. The molecule has 1 aliphatic rings. The molecule has 1 rings (SSSR count). The number of nitrogens with zero attached hydrogens (tertiary/aromatic N) is 1. The Bertz CT molecular complexity index is 233. The standard InChI is InChI=1S/C6H14N2O3S/c1-8(12(7,9)10)4-6-2-3-11-5-6/h6H,2-5H2,1H3,(H2,7,9,10). The average Bonchev–Trinajstić information content (AvgIpc) is 2.37. The fourth-order valence-corrected chi connectivity index (χ4v) is 1.61. The molecule has 0 spiro atoms. The third-order valence-electron chi connectivity index (χ3n) is 1.97. The molecular formula is C6H14N2O3S. The van der Waals surface area contributed by atoms with E-state index in [2.05, 4.69) is 0 Å². The summed E-state index contributed by atoms with van der Waals surface area (Å²) in [6.45, 7) is 1.82. The van der Waals surface area contributed by atoms with Gasteiger partial charge in [0.15, 0.2) is 0 Å². The summed E-state index contributed by atoms with van der Waals surface area (Å²) in [4.78, 5) is 0. The van der Waals surface area contributed by atoms with Crippen LogP contribution in [-0.2, 0) is 14.9 Å². The molecule has 72 valence electrons. The highest BCUT2D eigenvalue weighted by atomic mass is 32.2. The summed E-state index contributed by atoms with van der Waals surface area (Å²) >= 11 is 0. The lowest BCUT2D eigenvalue weighted by Gasteiger charge is -2.16. The van der Waals surface area contributed by atoms with Gasteiger partial charge in [-0.25, -0.2) is 5.14 Å². The second kappa shape index (κ2) is 3.69. The van der Waals surface area contributed by atoms with Gasteiger partial charge in [-0.15, -0.1) is 0 Å². The van der Waals surface area contributed by atoms with Gasteiger partial charge >= 0.3 is 0 Å². The van der Waals surface area contributed by atoms with Crippen LogP contribution in [0.4, 0.5) is 0 Å². The molecule has 1 heterocycles. The fourth-order valence-electron chi connectivity index (χ4n) is 1.19. The predicted octanol–water partition coefficient (Wildman–Crippen LogP) is -0.842. The van der Waals surface area contributed by atoms with E-state index in [0.717, 1.165) is 17.3 Å². The van der Waals surface area contributed by atoms with Gasteiger partial charge in [-0.3, -0.25) is 0 Å². The van der Waals surface area contributed by atoms with Gasteiger partial charge in [0.2, 0.25) is 0 Å². The Morgan fingerprint density at radius 1 is 1.67 bits per heavy atom. The highest BCUT2D eigenvalue weighted by Gasteiger charge is 2.21. The van der Waals surface area contributed by atoms with Crippen LogP contribution < -0.4 is 5.14 Å². The molecule has 1 atom stereocenters. The Morgan fingerprint density at radius 2 is 2.33 bits per heavy atom. The van der Waals surface area contributed by atoms with E-state index in [9.17, 15) is 8.42 Å². The molecule has 0 aromatic rings. The van der Waals surface area contributed by atoms with Gasteiger partial charge in [0.25, 0.3) is 10.2 Å². The number of hydrogen-bond acceptors (Lipinski definition) is 3. The van der Waals surface area contributed by atoms with Crippen molar-refractivity contribution in [2.45, 2.75) is 6.42 Å². The number of nitrogens with two attached hydrogens (primary N) is 1. The first-order valence-electron chi connectivity index (χ1n) is 3.82. The highest BCUT2D eigenvalue weighted by Crippen LogP contribution is 2.13. The van der Waals surface area contributed by atoms with Crippen LogP contribution >= 0.6 is 0 Å². The first-order chi connectivity index (χ1) is 5.50. The van der Waals surface area contributed by atoms with Crippen LogP contribution in [0.5, 0.6) is 0 Å². The van der Waals surface area contributed by atoms with Gasteiger partial charge < -0.3 is 4.74 Å². The lowest BCUT2D eigenvalue weighted by atomic mass is 10.1. The topological polar surface area (TPSA) is 72.6 Å². The molecule has 5 nitrogen and oxygen atoms in total. The Hall–Kier alpha value is -0.170. The normalized spacial score (nSPS) is 25.1. The van der Waals surface area contributed by atoms with Crippen molar-refractivity contribution in [3.63, 3.8) is 0 Å². The summed E-state index contributed by atoms with van der Waals surface area (Å²) in [7, 11) is -2.03. The van der Waals surface area contributed by atoms with Crippen LogP contribution in [0, 0.1) is 5.92 Å². The van der Waals surface area contributed by atoms with Gasteiger partial charge in [0.1, 0.15) is 0 Å². The molecule has 0 aliphatic carbocycles. The first kappa shape index (κ1) is 9.91. The Balaban J connectivity index is 2.40. The Morgan fingerprint density at radius 3 is 2.75 bits per heavy atom. The van der Waals surface area contributed by atoms with E-state index >= 15 is 0 Å². The maximum Gasteiger partial charge on any atom is 0.276 e. The van der Waals surface area contributed by atoms with Crippen molar-refractivity contribution < 1.29 is 13.2 Å². The van der Waals surface area contributed by atoms with E-state index in [4.69, 9.17) is 9.88 Å². The predicted molar refractivity (Wildman–Crippen MR) is 44.7 cm³/mol. The molecule has 0 aromatic carbocycles. The van der Waals surface area contributed by atoms with E-state index < -0.39 is 10.2 Å². The van der Waals surface area contributed by atoms with Crippen molar-refractivity contribution in [2.24, 2.45) is 11.1 Å². The SMILES string of the molecule is CN(CC1CCOC1)S(N)(=O)=O. The average molecular weight is 194 g/mol. The van der Waals surface area contributed by atoms with Crippen molar-refractivity contribution in [1.29, 1.82) is 0 Å². The highest BCUT2D eigenvalue weighted by molar-refractivity contribution is 7.86. The minimum absolute atomic E-state index is 0.299. The third-order valence-corrected chi connectivity index (χ3v) is 2.99. The molecule has 0 bridgehead atoms. The second-order valence-corrected chi connectivity index (χ2v) is 4.71. The maximum absolute atomic E-state index is 10.8. The summed E-state index contributed by atoms with van der Waals surface area (Å²) in [6.07, 6.45) is 0.917. The van der Waals surface area contributed by atoms with Crippen LogP contribution in [0.15, 0.2) is 0 Å². The zero-order chi connectivity index (χ0) is 9.19. The van der Waals surface area contributed by atoms with Crippen LogP contribution in [0.3, 0.4) is 0 Å². The van der Waals surface area contributed by atoms with Crippen LogP contribution in [0.1, 0.15) is 6.42 Å². The van der Waals surface area contributed by atoms with Gasteiger partial charge in [-0.1, -0.05) is 0 Å². The van der Waals surface area contributed by atoms with Gasteiger partial charge in [0.05, 0.1) is 6.61 Å². The van der Waals surface area contributed by atoms with Crippen LogP contribution in [-0.4, -0.2) is 39.5 Å². The maximum atomic E-state index is 10.8. The molecule has 12 heavy (non-hydrogen) atoms. The molecule has 1 unspecified atom stereocenters. The van der Waals surface area contributed by atoms with Crippen molar-refractivity contribution in [3.8, 4) is 0 Å². The largest absolute Gasteiger partial charge is 0.381 e. The lowest BCUT2D eigenvalue weighted by molar-refractivity contribution is 0.182. The van der Waals surface area contributed by atoms with Crippen molar-refractivity contribution in [2.75, 3.05) is 26.8 Å². The molecule has 0 radical (unpaired) electrons. The number of ether oxygens (including phenoxy) is 1. The summed E-state index contributed by atoms with van der Waals surface area (Å²) < 4.78 is 27.8. The lowest BCUT2D eigenvalue weighted by Crippen LogP contribution is -2.36. The van der Waals surface area contributed by atoms with Crippen LogP contribution in [0.25, 0.3) is 0 Å². The number of rotatable bonds is 3. The fraction of sp³-hybridized carbons (Fsp3) is 1.00. The molecule has 1 fully saturated rings. The van der Waals surface area contributed by atoms with E-state index in [1.165, 1.54) is 7.05 Å². The molecule has 0 amide bonds. The van der Waals surface area contributed by atoms with E-state index in [-0.39, 0.29) is 0 Å². The minimum Gasteiger partial charge on any atom is -0.381 e. The van der Waals surface area contributed by atoms with Gasteiger partial charge in [-0.05, 0) is 12.3 Å². The molecular weight excluding hydrogens is 180 g/mol. The molecule has 2 N–H and O–H groups in total. The molecule has 1 saturated heterocycles. The summed E-state index contributed by atoms with van der Waals surface area (Å²) in [6, 6.07) is 0. The molecule has 0 aromatic heterocycles. The summed E-state index contributed by atoms with van der Waals surface area (Å²) in [5, 5.41) is 4.91. The zero-order valence-corrected chi connectivity index (χ0v) is 7.88. The van der Waals surface area contributed by atoms with E-state index in [1.807, 2.05) is 0 Å². The van der Waals surface area contributed by atoms with Gasteiger partial charge in [-0.2, -0.15) is 12.7 Å². The summed E-state index contributed by atoms with van der Waals surface area (Å²) in [5.41, 5.74) is 0. The van der Waals surface area contributed by atoms with Gasteiger partial charge in [0, 0.05) is 20.2 Å². The molecule has 0 saturated carbocycles. The molecule has 1 aliphatic heterocycles. The van der Waals surface area contributed by atoms with Crippen molar-refractivity contribution in [3.05, 3.63) is 0 Å².